The molecule has 1 aliphatic heterocycles. The first kappa shape index (κ1) is 18.1. The molecule has 0 radical (unpaired) electrons. The van der Waals surface area contributed by atoms with Gasteiger partial charge in [0.2, 0.25) is 6.21 Å². The number of hydrogen-bond acceptors (Lipinski definition) is 2. The number of halogens is 3. The largest absolute Gasteiger partial charge is 0.857 e. The number of hydrogen-bond donors (Lipinski definition) is 0. The molecule has 0 saturated carbocycles. The average Bonchev–Trinajstić information content (AvgIpc) is 2.71. The lowest BCUT2D eigenvalue weighted by Gasteiger charge is -2.12. The van der Waals surface area contributed by atoms with Gasteiger partial charge in [-0.05, 0) is 29.7 Å². The third-order valence-electron chi connectivity index (χ3n) is 3.66. The molecule has 128 valence electrons. The zero-order chi connectivity index (χ0) is 18.0. The van der Waals surface area contributed by atoms with Crippen molar-refractivity contribution in [2.24, 2.45) is 5.10 Å². The summed E-state index contributed by atoms with van der Waals surface area (Å²) in [6.07, 6.45) is -1.21. The van der Waals surface area contributed by atoms with Gasteiger partial charge in [-0.25, -0.2) is 0 Å². The second-order valence-corrected chi connectivity index (χ2v) is 6.31. The van der Waals surface area contributed by atoms with E-state index in [1.807, 2.05) is 20.8 Å². The first-order valence-electron chi connectivity index (χ1n) is 7.72. The van der Waals surface area contributed by atoms with Crippen LogP contribution in [0, 0.1) is 11.8 Å². The summed E-state index contributed by atoms with van der Waals surface area (Å²) < 4.78 is 40.4. The van der Waals surface area contributed by atoms with Crippen molar-refractivity contribution in [1.82, 2.24) is 0 Å². The van der Waals surface area contributed by atoms with E-state index < -0.39 is 17.3 Å². The van der Waals surface area contributed by atoms with E-state index in [0.717, 1.165) is 18.6 Å². The van der Waals surface area contributed by atoms with Gasteiger partial charge in [-0.15, -0.1) is 0 Å². The van der Waals surface area contributed by atoms with Crippen LogP contribution in [0.3, 0.4) is 0 Å². The highest BCUT2D eigenvalue weighted by Gasteiger charge is 2.37. The average molecular weight is 336 g/mol. The van der Waals surface area contributed by atoms with Crippen LogP contribution in [-0.4, -0.2) is 22.3 Å². The number of benzene rings is 1. The first-order chi connectivity index (χ1) is 11.1. The Morgan fingerprint density at radius 3 is 2.62 bits per heavy atom. The van der Waals surface area contributed by atoms with E-state index in [-0.39, 0.29) is 12.3 Å². The van der Waals surface area contributed by atoms with Crippen LogP contribution in [0.2, 0.25) is 0 Å². The summed E-state index contributed by atoms with van der Waals surface area (Å²) in [5.74, 6) is 5.55. The molecule has 0 amide bonds. The molecule has 24 heavy (non-hydrogen) atoms. The monoisotopic (exact) mass is 336 g/mol. The van der Waals surface area contributed by atoms with Crippen molar-refractivity contribution in [2.75, 3.05) is 0 Å². The van der Waals surface area contributed by atoms with Gasteiger partial charge in [0.25, 0.3) is 0 Å². The van der Waals surface area contributed by atoms with Crippen LogP contribution in [-0.2, 0) is 6.18 Å². The number of unbranched alkanes of at least 4 members (excludes halogenated alkanes) is 1. The summed E-state index contributed by atoms with van der Waals surface area (Å²) >= 11 is 0. The summed E-state index contributed by atoms with van der Waals surface area (Å²) in [6.45, 7) is 5.60. The van der Waals surface area contributed by atoms with Crippen LogP contribution in [0.1, 0.15) is 56.7 Å². The van der Waals surface area contributed by atoms with Crippen LogP contribution in [0.4, 0.5) is 13.2 Å². The number of nitrogens with zero attached hydrogens (tertiary/aromatic N) is 2. The van der Waals surface area contributed by atoms with Gasteiger partial charge >= 0.3 is 6.18 Å². The lowest BCUT2D eigenvalue weighted by atomic mass is 10.0. The molecule has 1 heterocycles. The van der Waals surface area contributed by atoms with E-state index in [4.69, 9.17) is 0 Å². The third kappa shape index (κ3) is 4.16. The topological polar surface area (TPSA) is 38.4 Å². The molecule has 2 rings (SSSR count). The lowest BCUT2D eigenvalue weighted by Crippen LogP contribution is -2.31. The van der Waals surface area contributed by atoms with Gasteiger partial charge < -0.3 is 5.11 Å². The maximum absolute atomic E-state index is 13.0. The minimum absolute atomic E-state index is 0.222. The van der Waals surface area contributed by atoms with Crippen LogP contribution < -0.4 is 5.11 Å². The van der Waals surface area contributed by atoms with E-state index in [0.29, 0.717) is 17.5 Å². The van der Waals surface area contributed by atoms with Gasteiger partial charge in [0.15, 0.2) is 5.54 Å². The van der Waals surface area contributed by atoms with E-state index in [1.54, 1.807) is 0 Å². The van der Waals surface area contributed by atoms with Crippen molar-refractivity contribution >= 4 is 12.1 Å². The number of rotatable bonds is 2. The summed E-state index contributed by atoms with van der Waals surface area (Å²) in [5.41, 5.74) is -0.528. The SMILES string of the molecule is CCCC#Cc1ccc(C(F)(F)F)cc1/C=[N+]1\N=C([O-])CC1(C)C. The molecule has 0 fully saturated rings. The molecular weight excluding hydrogens is 317 g/mol. The molecule has 0 aromatic heterocycles. The first-order valence-corrected chi connectivity index (χ1v) is 7.72. The Hall–Kier alpha value is -2.29. The maximum atomic E-state index is 13.0. The van der Waals surface area contributed by atoms with Crippen molar-refractivity contribution in [2.45, 2.75) is 51.7 Å². The smallest absolute Gasteiger partial charge is 0.416 e. The van der Waals surface area contributed by atoms with Gasteiger partial charge in [-0.3, -0.25) is 0 Å². The molecule has 0 bridgehead atoms. The summed E-state index contributed by atoms with van der Waals surface area (Å²) in [5, 5.41) is 15.4. The Kier molecular flexibility index (Phi) is 5.02. The quantitative estimate of drug-likeness (QED) is 0.604. The van der Waals surface area contributed by atoms with Gasteiger partial charge in [-0.1, -0.05) is 23.4 Å². The molecule has 0 N–H and O–H groups in total. The Morgan fingerprint density at radius 1 is 1.38 bits per heavy atom. The Balaban J connectivity index is 2.55. The van der Waals surface area contributed by atoms with E-state index in [9.17, 15) is 18.3 Å². The van der Waals surface area contributed by atoms with Crippen LogP contribution >= 0.6 is 0 Å². The predicted octanol–water partition coefficient (Wildman–Crippen LogP) is 3.14. The van der Waals surface area contributed by atoms with E-state index in [2.05, 4.69) is 16.9 Å². The zero-order valence-electron chi connectivity index (χ0n) is 13.9. The minimum atomic E-state index is -4.44. The molecule has 3 nitrogen and oxygen atoms in total. The maximum Gasteiger partial charge on any atom is 0.416 e. The lowest BCUT2D eigenvalue weighted by molar-refractivity contribution is -0.591. The van der Waals surface area contributed by atoms with Crippen LogP contribution in [0.25, 0.3) is 0 Å². The molecule has 6 heteroatoms. The summed E-state index contributed by atoms with van der Waals surface area (Å²) in [4.78, 5) is 0. The van der Waals surface area contributed by atoms with Crippen molar-refractivity contribution in [3.8, 4) is 11.8 Å². The zero-order valence-corrected chi connectivity index (χ0v) is 13.9. The van der Waals surface area contributed by atoms with Gasteiger partial charge in [0, 0.05) is 38.2 Å². The Morgan fingerprint density at radius 2 is 2.08 bits per heavy atom. The standard InChI is InChI=1S/C18H19F3N2O/c1-4-5-6-7-13-8-9-15(18(19,20)21)10-14(13)12-23-17(2,3)11-16(24)22-23/h8-10,12H,4-5,11H2,1-3H3/b23-12-. The molecule has 0 spiro atoms. The Labute approximate surface area is 139 Å². The second kappa shape index (κ2) is 6.68. The summed E-state index contributed by atoms with van der Waals surface area (Å²) in [6, 6.07) is 3.43. The Bertz CT molecular complexity index is 750. The fourth-order valence-electron chi connectivity index (χ4n) is 2.32. The van der Waals surface area contributed by atoms with Gasteiger partial charge in [0.05, 0.1) is 11.1 Å². The van der Waals surface area contributed by atoms with Gasteiger partial charge in [0.1, 0.15) is 0 Å². The molecule has 1 aromatic carbocycles. The van der Waals surface area contributed by atoms with E-state index in [1.165, 1.54) is 17.0 Å². The van der Waals surface area contributed by atoms with Crippen LogP contribution in [0.5, 0.6) is 0 Å². The highest BCUT2D eigenvalue weighted by molar-refractivity contribution is 5.82. The molecular formula is C18H19F3N2O. The third-order valence-corrected chi connectivity index (χ3v) is 3.66. The molecule has 0 aliphatic carbocycles. The molecule has 1 aromatic rings. The highest BCUT2D eigenvalue weighted by Crippen LogP contribution is 2.30. The number of hydrazone groups is 1. The van der Waals surface area contributed by atoms with Crippen molar-refractivity contribution < 1.29 is 23.0 Å². The highest BCUT2D eigenvalue weighted by atomic mass is 19.4. The normalized spacial score (nSPS) is 18.2. The van der Waals surface area contributed by atoms with Gasteiger partial charge in [-0.2, -0.15) is 13.2 Å². The van der Waals surface area contributed by atoms with Crippen molar-refractivity contribution in [3.63, 3.8) is 0 Å². The van der Waals surface area contributed by atoms with E-state index >= 15 is 0 Å². The molecule has 0 saturated heterocycles. The fourth-order valence-corrected chi connectivity index (χ4v) is 2.32. The van der Waals surface area contributed by atoms with Crippen LogP contribution in [0.15, 0.2) is 23.3 Å². The van der Waals surface area contributed by atoms with Crippen molar-refractivity contribution in [3.05, 3.63) is 34.9 Å². The fraction of sp³-hybridized carbons (Fsp3) is 0.444. The van der Waals surface area contributed by atoms with Crippen molar-refractivity contribution in [1.29, 1.82) is 0 Å². The molecule has 0 unspecified atom stereocenters. The molecule has 0 atom stereocenters. The number of alkyl halides is 3. The summed E-state index contributed by atoms with van der Waals surface area (Å²) in [7, 11) is 0. The minimum Gasteiger partial charge on any atom is -0.857 e. The second-order valence-electron chi connectivity index (χ2n) is 6.31. The molecule has 1 aliphatic rings. The predicted molar refractivity (Wildman–Crippen MR) is 84.8 cm³/mol.